The van der Waals surface area contributed by atoms with Crippen LogP contribution in [0.2, 0.25) is 0 Å². The zero-order valence-corrected chi connectivity index (χ0v) is 18.6. The van der Waals surface area contributed by atoms with Crippen LogP contribution >= 0.6 is 0 Å². The van der Waals surface area contributed by atoms with Crippen LogP contribution in [0.15, 0.2) is 0 Å². The van der Waals surface area contributed by atoms with Gasteiger partial charge in [0.1, 0.15) is 0 Å². The molecular weight excluding hydrogens is 441 g/mol. The number of rotatable bonds is 10. The first-order valence-electron chi connectivity index (χ1n) is 7.86. The molecule has 6 heteroatoms. The van der Waals surface area contributed by atoms with Gasteiger partial charge in [-0.2, -0.15) is 0 Å². The molecule has 0 aliphatic rings. The summed E-state index contributed by atoms with van der Waals surface area (Å²) in [6.45, 7) is 19.4. The van der Waals surface area contributed by atoms with Gasteiger partial charge in [0.25, 0.3) is 0 Å². The standard InChI is InChI=1S/5C3H7O.Ta/c5*1-3(2)4;/h5*3H,1-2H3;/q5*-1;+5. The molecule has 0 aromatic rings. The SMILES string of the molecule is CC(C)[O][Ta]([O]C(C)C)([O]C(C)C)([O]C(C)C)[O]C(C)C. The van der Waals surface area contributed by atoms with Crippen LogP contribution < -0.4 is 0 Å². The van der Waals surface area contributed by atoms with Crippen molar-refractivity contribution >= 4 is 0 Å². The van der Waals surface area contributed by atoms with E-state index in [0.717, 1.165) is 0 Å². The first-order chi connectivity index (χ1) is 9.40. The molecule has 0 aromatic heterocycles. The maximum atomic E-state index is 6.19. The average molecular weight is 476 g/mol. The van der Waals surface area contributed by atoms with E-state index in [1.54, 1.807) is 0 Å². The van der Waals surface area contributed by atoms with Crippen molar-refractivity contribution in [3.63, 3.8) is 0 Å². The van der Waals surface area contributed by atoms with E-state index in [1.807, 2.05) is 69.2 Å². The fourth-order valence-corrected chi connectivity index (χ4v) is 16.1. The van der Waals surface area contributed by atoms with Crippen LogP contribution in [0.5, 0.6) is 0 Å². The van der Waals surface area contributed by atoms with Crippen molar-refractivity contribution in [3.05, 3.63) is 0 Å². The molecule has 0 atom stereocenters. The molecule has 21 heavy (non-hydrogen) atoms. The van der Waals surface area contributed by atoms with Crippen molar-refractivity contribution in [3.8, 4) is 0 Å². The van der Waals surface area contributed by atoms with Gasteiger partial charge < -0.3 is 0 Å². The van der Waals surface area contributed by atoms with Crippen molar-refractivity contribution in [2.24, 2.45) is 0 Å². The Bertz CT molecular complexity index is 227. The van der Waals surface area contributed by atoms with Gasteiger partial charge in [0.05, 0.1) is 0 Å². The molecule has 0 unspecified atom stereocenters. The Morgan fingerprint density at radius 3 is 0.619 bits per heavy atom. The van der Waals surface area contributed by atoms with Crippen molar-refractivity contribution in [1.29, 1.82) is 0 Å². The molecule has 0 N–H and O–H groups in total. The predicted molar refractivity (Wildman–Crippen MR) is 81.1 cm³/mol. The fraction of sp³-hybridized carbons (Fsp3) is 1.00. The van der Waals surface area contributed by atoms with Gasteiger partial charge in [-0.25, -0.2) is 0 Å². The van der Waals surface area contributed by atoms with E-state index in [1.165, 1.54) is 0 Å². The minimum atomic E-state index is -5.30. The Kier molecular flexibility index (Phi) is 8.62. The normalized spacial score (nSPS) is 15.5. The topological polar surface area (TPSA) is 46.2 Å². The number of hydrogen-bond donors (Lipinski definition) is 0. The first kappa shape index (κ1) is 21.5. The molecule has 0 aliphatic carbocycles. The van der Waals surface area contributed by atoms with E-state index in [2.05, 4.69) is 0 Å². The van der Waals surface area contributed by atoms with Crippen LogP contribution in [0.3, 0.4) is 0 Å². The van der Waals surface area contributed by atoms with Crippen LogP contribution in [-0.4, -0.2) is 30.5 Å². The summed E-state index contributed by atoms with van der Waals surface area (Å²) in [7, 11) is 0. The molecular formula is C15H35O5Ta. The summed E-state index contributed by atoms with van der Waals surface area (Å²) in [6.07, 6.45) is -0.590. The molecule has 0 saturated heterocycles. The van der Waals surface area contributed by atoms with E-state index < -0.39 is 17.8 Å². The zero-order chi connectivity index (χ0) is 16.9. The Hall–Kier alpha value is 0.540. The molecule has 0 spiro atoms. The predicted octanol–water partition coefficient (Wildman–Crippen LogP) is 4.38. The molecule has 0 fully saturated rings. The van der Waals surface area contributed by atoms with E-state index >= 15 is 0 Å². The molecule has 5 nitrogen and oxygen atoms in total. The fourth-order valence-electron chi connectivity index (χ4n) is 1.97. The Morgan fingerprint density at radius 2 is 0.524 bits per heavy atom. The van der Waals surface area contributed by atoms with Crippen molar-refractivity contribution in [1.82, 2.24) is 0 Å². The van der Waals surface area contributed by atoms with Gasteiger partial charge in [-0.1, -0.05) is 0 Å². The van der Waals surface area contributed by atoms with Crippen LogP contribution in [0.4, 0.5) is 0 Å². The molecule has 0 saturated carbocycles. The van der Waals surface area contributed by atoms with Crippen LogP contribution in [0, 0.1) is 0 Å². The quantitative estimate of drug-likeness (QED) is 0.469. The van der Waals surface area contributed by atoms with Crippen LogP contribution in [0.1, 0.15) is 69.2 Å². The van der Waals surface area contributed by atoms with Crippen molar-refractivity contribution in [2.45, 2.75) is 99.8 Å². The van der Waals surface area contributed by atoms with Gasteiger partial charge in [-0.05, 0) is 0 Å². The van der Waals surface area contributed by atoms with Crippen LogP contribution in [-0.2, 0) is 34.0 Å². The van der Waals surface area contributed by atoms with E-state index in [9.17, 15) is 0 Å². The molecule has 0 aromatic carbocycles. The molecule has 0 radical (unpaired) electrons. The van der Waals surface area contributed by atoms with Gasteiger partial charge in [0.2, 0.25) is 0 Å². The van der Waals surface area contributed by atoms with Gasteiger partial charge in [0, 0.05) is 0 Å². The second-order valence-electron chi connectivity index (χ2n) is 6.52. The number of hydrogen-bond acceptors (Lipinski definition) is 5. The summed E-state index contributed by atoms with van der Waals surface area (Å²) >= 11 is -5.30. The molecule has 0 rings (SSSR count). The summed E-state index contributed by atoms with van der Waals surface area (Å²) in [6, 6.07) is 0. The van der Waals surface area contributed by atoms with E-state index in [4.69, 9.17) is 16.2 Å². The average Bonchev–Trinajstić information content (AvgIpc) is 2.07. The maximum absolute atomic E-state index is 6.19. The molecule has 0 aliphatic heterocycles. The molecule has 130 valence electrons. The second-order valence-corrected chi connectivity index (χ2v) is 15.7. The molecule has 0 bridgehead atoms. The summed E-state index contributed by atoms with van der Waals surface area (Å²) in [5.74, 6) is 0. The van der Waals surface area contributed by atoms with Crippen molar-refractivity contribution < 1.29 is 34.0 Å². The van der Waals surface area contributed by atoms with Crippen LogP contribution in [0.25, 0.3) is 0 Å². The Morgan fingerprint density at radius 1 is 0.381 bits per heavy atom. The third kappa shape index (κ3) is 7.57. The summed E-state index contributed by atoms with van der Waals surface area (Å²) < 4.78 is 31.0. The third-order valence-corrected chi connectivity index (χ3v) is 15.7. The summed E-state index contributed by atoms with van der Waals surface area (Å²) in [4.78, 5) is 0. The Labute approximate surface area is 134 Å². The monoisotopic (exact) mass is 476 g/mol. The zero-order valence-electron chi connectivity index (χ0n) is 15.4. The van der Waals surface area contributed by atoms with E-state index in [0.29, 0.717) is 0 Å². The van der Waals surface area contributed by atoms with Gasteiger partial charge in [-0.3, -0.25) is 0 Å². The summed E-state index contributed by atoms with van der Waals surface area (Å²) in [5, 5.41) is 0. The van der Waals surface area contributed by atoms with Crippen molar-refractivity contribution in [2.75, 3.05) is 0 Å². The molecule has 0 amide bonds. The summed E-state index contributed by atoms with van der Waals surface area (Å²) in [5.41, 5.74) is 0. The third-order valence-electron chi connectivity index (χ3n) is 1.91. The second kappa shape index (κ2) is 8.41. The first-order valence-corrected chi connectivity index (χ1v) is 14.4. The van der Waals surface area contributed by atoms with E-state index in [-0.39, 0.29) is 30.5 Å². The minimum absolute atomic E-state index is 0.118. The van der Waals surface area contributed by atoms with Gasteiger partial charge in [-0.15, -0.1) is 0 Å². The van der Waals surface area contributed by atoms with Gasteiger partial charge >= 0.3 is 134 Å². The molecule has 0 heterocycles. The van der Waals surface area contributed by atoms with Gasteiger partial charge in [0.15, 0.2) is 0 Å². The Balaban J connectivity index is 5.93.